The molecule has 0 aromatic heterocycles. The molecule has 40 heavy (non-hydrogen) atoms. The number of hydrogen-bond donors (Lipinski definition) is 0. The molecule has 4 nitrogen and oxygen atoms in total. The van der Waals surface area contributed by atoms with Gasteiger partial charge in [0, 0.05) is 37.8 Å². The van der Waals surface area contributed by atoms with Gasteiger partial charge in [0.25, 0.3) is 0 Å². The van der Waals surface area contributed by atoms with Crippen molar-refractivity contribution in [2.75, 3.05) is 36.0 Å². The normalized spacial score (nSPS) is 16.4. The van der Waals surface area contributed by atoms with E-state index in [1.165, 1.54) is 59.3 Å². The Hall–Kier alpha value is -1.64. The molecule has 0 unspecified atom stereocenters. The van der Waals surface area contributed by atoms with Crippen molar-refractivity contribution in [3.05, 3.63) is 71.1 Å². The molecule has 0 bridgehead atoms. The van der Waals surface area contributed by atoms with Gasteiger partial charge in [-0.3, -0.25) is 0 Å². The third-order valence-corrected chi connectivity index (χ3v) is 7.49. The first kappa shape index (κ1) is 34.6. The summed E-state index contributed by atoms with van der Waals surface area (Å²) in [6.07, 6.45) is 9.54. The Morgan fingerprint density at radius 2 is 0.800 bits per heavy atom. The Morgan fingerprint density at radius 3 is 1.00 bits per heavy atom. The van der Waals surface area contributed by atoms with Crippen LogP contribution in [0.4, 0.5) is 11.4 Å². The van der Waals surface area contributed by atoms with Gasteiger partial charge in [0.1, 0.15) is 0 Å². The van der Waals surface area contributed by atoms with Gasteiger partial charge in [-0.1, -0.05) is 99.3 Å². The van der Waals surface area contributed by atoms with Gasteiger partial charge in [0.2, 0.25) is 0 Å². The van der Waals surface area contributed by atoms with Crippen LogP contribution in [0, 0.1) is 0 Å². The fourth-order valence-electron chi connectivity index (χ4n) is 5.26. The molecule has 0 aliphatic carbocycles. The minimum absolute atomic E-state index is 0. The maximum absolute atomic E-state index is 4.94. The van der Waals surface area contributed by atoms with E-state index in [0.29, 0.717) is 23.7 Å². The average Bonchev–Trinajstić information content (AvgIpc) is 3.73. The van der Waals surface area contributed by atoms with Gasteiger partial charge in [0.15, 0.2) is 0 Å². The zero-order chi connectivity index (χ0) is 28.4. The summed E-state index contributed by atoms with van der Waals surface area (Å²) in [5.74, 6) is 1.92. The zero-order valence-electron chi connectivity index (χ0n) is 26.9. The van der Waals surface area contributed by atoms with Crippen LogP contribution in [0.3, 0.4) is 0 Å². The number of para-hydroxylation sites is 2. The van der Waals surface area contributed by atoms with Crippen LogP contribution in [0.15, 0.2) is 48.8 Å². The molecule has 5 rings (SSSR count). The predicted molar refractivity (Wildman–Crippen MR) is 169 cm³/mol. The fourth-order valence-corrected chi connectivity index (χ4v) is 5.26. The van der Waals surface area contributed by atoms with E-state index in [4.69, 9.17) is 9.47 Å². The van der Waals surface area contributed by atoms with Crippen LogP contribution in [-0.2, 0) is 9.47 Å². The molecule has 3 aliphatic heterocycles. The van der Waals surface area contributed by atoms with Crippen LogP contribution in [-0.4, -0.2) is 34.0 Å². The van der Waals surface area contributed by atoms with E-state index in [2.05, 4.69) is 121 Å². The summed E-state index contributed by atoms with van der Waals surface area (Å²) in [6.45, 7) is 22.3. The van der Waals surface area contributed by atoms with Crippen molar-refractivity contribution in [2.45, 2.75) is 105 Å². The van der Waals surface area contributed by atoms with E-state index in [1.807, 2.05) is 0 Å². The summed E-state index contributed by atoms with van der Waals surface area (Å²) in [5.41, 5.74) is 8.29. The molecule has 0 atom stereocenters. The summed E-state index contributed by atoms with van der Waals surface area (Å²) in [7, 11) is 2.26. The Labute approximate surface area is 258 Å². The number of nitrogens with zero attached hydrogens (tertiary/aromatic N) is 2. The molecule has 2 fully saturated rings. The average molecular weight is 539 g/mol. The molecule has 2 aromatic carbocycles. The SMILES string of the molecule is C1CCOC1.C1CCOC1.CC(C)c1cccc(C(C)C)c1N1[B-]N(c2c(C(C)C)cccc2C(C)C)C=C1.[Li+]. The number of ether oxygens (including phenoxy) is 2. The monoisotopic (exact) mass is 538 g/mol. The summed E-state index contributed by atoms with van der Waals surface area (Å²) in [4.78, 5) is 4.65. The molecule has 0 saturated carbocycles. The molecule has 3 heterocycles. The Bertz CT molecular complexity index is 897. The largest absolute Gasteiger partial charge is 1.00 e. The van der Waals surface area contributed by atoms with Gasteiger partial charge < -0.3 is 19.1 Å². The Balaban J connectivity index is 0.000000424. The molecule has 6 heteroatoms. The molecule has 2 saturated heterocycles. The fraction of sp³-hybridized carbons (Fsp3) is 0.588. The third-order valence-electron chi connectivity index (χ3n) is 7.49. The van der Waals surface area contributed by atoms with Crippen LogP contribution < -0.4 is 28.5 Å². The third kappa shape index (κ3) is 9.45. The molecule has 2 radical (unpaired) electrons. The van der Waals surface area contributed by atoms with Crippen LogP contribution in [0.2, 0.25) is 0 Å². The molecule has 2 aromatic rings. The van der Waals surface area contributed by atoms with E-state index in [0.717, 1.165) is 26.4 Å². The zero-order valence-corrected chi connectivity index (χ0v) is 26.9. The first-order valence-corrected chi connectivity index (χ1v) is 15.2. The van der Waals surface area contributed by atoms with Gasteiger partial charge in [0.05, 0.1) is 0 Å². The minimum Gasteiger partial charge on any atom is -0.564 e. The van der Waals surface area contributed by atoms with E-state index in [-0.39, 0.29) is 18.9 Å². The van der Waals surface area contributed by atoms with E-state index < -0.39 is 0 Å². The van der Waals surface area contributed by atoms with Crippen molar-refractivity contribution in [2.24, 2.45) is 0 Å². The standard InChI is InChI=1S/C26H36BN2.2C4H8O.Li/c1-17(2)21-11-9-12-22(18(3)4)25(21)28-15-16-29(27-28)26-23(19(5)6)13-10-14-24(26)20(7)8;2*1-2-4-5-3-1;/h9-20H,1-8H3;2*1-4H2;/q-1;;;+1. The summed E-state index contributed by atoms with van der Waals surface area (Å²) in [6, 6.07) is 13.5. The molecule has 0 spiro atoms. The topological polar surface area (TPSA) is 24.9 Å². The predicted octanol–water partition coefficient (Wildman–Crippen LogP) is 6.11. The Morgan fingerprint density at radius 1 is 0.525 bits per heavy atom. The maximum Gasteiger partial charge on any atom is 1.00 e. The smallest absolute Gasteiger partial charge is 0.564 e. The molecule has 3 aliphatic rings. The van der Waals surface area contributed by atoms with Crippen molar-refractivity contribution in [3.63, 3.8) is 0 Å². The van der Waals surface area contributed by atoms with Gasteiger partial charge in [-0.05, 0) is 84.0 Å². The second-order valence-corrected chi connectivity index (χ2v) is 12.1. The number of hydrogen-bond acceptors (Lipinski definition) is 4. The molecule has 0 amide bonds. The second kappa shape index (κ2) is 17.3. The first-order valence-electron chi connectivity index (χ1n) is 15.2. The number of anilines is 2. The van der Waals surface area contributed by atoms with Crippen LogP contribution in [0.1, 0.15) is 127 Å². The molecular weight excluding hydrogens is 486 g/mol. The molecular formula is C34H52BLiN2O2. The van der Waals surface area contributed by atoms with Crippen molar-refractivity contribution in [1.29, 1.82) is 0 Å². The molecule has 214 valence electrons. The summed E-state index contributed by atoms with van der Waals surface area (Å²) in [5, 5.41) is 0. The van der Waals surface area contributed by atoms with Crippen molar-refractivity contribution in [3.8, 4) is 0 Å². The van der Waals surface area contributed by atoms with E-state index >= 15 is 0 Å². The van der Waals surface area contributed by atoms with Crippen LogP contribution in [0.5, 0.6) is 0 Å². The van der Waals surface area contributed by atoms with Gasteiger partial charge >= 0.3 is 18.9 Å². The van der Waals surface area contributed by atoms with Gasteiger partial charge in [-0.25, -0.2) is 0 Å². The van der Waals surface area contributed by atoms with Crippen molar-refractivity contribution in [1.82, 2.24) is 0 Å². The molecule has 0 N–H and O–H groups in total. The second-order valence-electron chi connectivity index (χ2n) is 12.1. The van der Waals surface area contributed by atoms with Crippen molar-refractivity contribution >= 4 is 18.9 Å². The number of benzene rings is 2. The van der Waals surface area contributed by atoms with Gasteiger partial charge in [-0.15, -0.1) is 0 Å². The van der Waals surface area contributed by atoms with E-state index in [1.54, 1.807) is 0 Å². The van der Waals surface area contributed by atoms with Crippen LogP contribution >= 0.6 is 0 Å². The first-order chi connectivity index (χ1) is 18.7. The maximum atomic E-state index is 4.94. The van der Waals surface area contributed by atoms with E-state index in [9.17, 15) is 0 Å². The Kier molecular flexibility index (Phi) is 15.0. The number of rotatable bonds is 6. The summed E-state index contributed by atoms with van der Waals surface area (Å²) >= 11 is 0. The van der Waals surface area contributed by atoms with Crippen LogP contribution in [0.25, 0.3) is 0 Å². The summed E-state index contributed by atoms with van der Waals surface area (Å²) < 4.78 is 9.89. The minimum atomic E-state index is 0. The quantitative estimate of drug-likeness (QED) is 0.415. The van der Waals surface area contributed by atoms with Crippen molar-refractivity contribution < 1.29 is 28.3 Å². The van der Waals surface area contributed by atoms with Gasteiger partial charge in [-0.2, -0.15) is 0 Å².